The van der Waals surface area contributed by atoms with Crippen molar-refractivity contribution in [1.82, 2.24) is 5.32 Å². The molecule has 0 aromatic carbocycles. The van der Waals surface area contributed by atoms with Gasteiger partial charge >= 0.3 is 0 Å². The van der Waals surface area contributed by atoms with Crippen LogP contribution < -0.4 is 5.32 Å². The molecule has 0 saturated carbocycles. The molecule has 2 fully saturated rings. The van der Waals surface area contributed by atoms with Crippen LogP contribution in [0.2, 0.25) is 0 Å². The fraction of sp³-hybridized carbons (Fsp3) is 1.00. The zero-order valence-corrected chi connectivity index (χ0v) is 13.6. The summed E-state index contributed by atoms with van der Waals surface area (Å²) in [5.74, 6) is 3.38. The summed E-state index contributed by atoms with van der Waals surface area (Å²) in [5.41, 5.74) is 0.228. The Morgan fingerprint density at radius 2 is 2.32 bits per heavy atom. The average Bonchev–Trinajstić information content (AvgIpc) is 2.87. The molecular weight excluding hydrogens is 254 g/mol. The zero-order chi connectivity index (χ0) is 13.6. The molecule has 2 aliphatic rings. The molecule has 2 nitrogen and oxygen atoms in total. The third-order valence-electron chi connectivity index (χ3n) is 4.80. The zero-order valence-electron chi connectivity index (χ0n) is 12.7. The third-order valence-corrected chi connectivity index (χ3v) is 6.02. The summed E-state index contributed by atoms with van der Waals surface area (Å²) in [6, 6.07) is 0.697. The van der Waals surface area contributed by atoms with Crippen molar-refractivity contribution in [1.29, 1.82) is 0 Å². The van der Waals surface area contributed by atoms with Crippen LogP contribution in [0.1, 0.15) is 58.8 Å². The number of nitrogens with one attached hydrogen (secondary N) is 1. The van der Waals surface area contributed by atoms with Crippen LogP contribution >= 0.6 is 11.8 Å². The number of thioether (sulfide) groups is 1. The number of hydrogen-bond acceptors (Lipinski definition) is 3. The molecule has 0 aliphatic carbocycles. The summed E-state index contributed by atoms with van der Waals surface area (Å²) in [5, 5.41) is 3.84. The van der Waals surface area contributed by atoms with Crippen molar-refractivity contribution in [2.24, 2.45) is 5.92 Å². The van der Waals surface area contributed by atoms with E-state index in [1.54, 1.807) is 0 Å². The van der Waals surface area contributed by atoms with Crippen LogP contribution in [-0.2, 0) is 4.74 Å². The Kier molecular flexibility index (Phi) is 6.51. The van der Waals surface area contributed by atoms with Crippen molar-refractivity contribution >= 4 is 11.8 Å². The van der Waals surface area contributed by atoms with Crippen molar-refractivity contribution in [2.45, 2.75) is 70.4 Å². The lowest BCUT2D eigenvalue weighted by atomic mass is 9.89. The van der Waals surface area contributed by atoms with E-state index in [1.165, 1.54) is 63.0 Å². The van der Waals surface area contributed by atoms with Crippen molar-refractivity contribution in [3.63, 3.8) is 0 Å². The molecule has 2 saturated heterocycles. The van der Waals surface area contributed by atoms with Crippen LogP contribution in [0.25, 0.3) is 0 Å². The van der Waals surface area contributed by atoms with Crippen LogP contribution in [-0.4, -0.2) is 36.3 Å². The molecule has 0 amide bonds. The van der Waals surface area contributed by atoms with Gasteiger partial charge in [-0.3, -0.25) is 0 Å². The van der Waals surface area contributed by atoms with Crippen LogP contribution in [0.15, 0.2) is 0 Å². The molecule has 2 heterocycles. The highest BCUT2D eigenvalue weighted by Gasteiger charge is 2.40. The van der Waals surface area contributed by atoms with E-state index in [9.17, 15) is 0 Å². The van der Waals surface area contributed by atoms with Crippen molar-refractivity contribution in [2.75, 3.05) is 24.7 Å². The van der Waals surface area contributed by atoms with Gasteiger partial charge in [-0.2, -0.15) is 11.8 Å². The predicted octanol–water partition coefficient (Wildman–Crippen LogP) is 3.85. The molecule has 3 atom stereocenters. The van der Waals surface area contributed by atoms with Gasteiger partial charge in [0.05, 0.1) is 5.60 Å². The third kappa shape index (κ3) is 4.64. The van der Waals surface area contributed by atoms with Crippen molar-refractivity contribution in [3.8, 4) is 0 Å². The van der Waals surface area contributed by atoms with Gasteiger partial charge in [-0.05, 0) is 43.9 Å². The number of ether oxygens (including phenoxy) is 1. The molecular formula is C16H31NOS. The molecule has 3 heteroatoms. The Balaban J connectivity index is 1.72. The van der Waals surface area contributed by atoms with Gasteiger partial charge in [0.2, 0.25) is 0 Å². The lowest BCUT2D eigenvalue weighted by molar-refractivity contribution is -0.0704. The molecule has 2 aliphatic heterocycles. The van der Waals surface area contributed by atoms with Crippen LogP contribution in [0.4, 0.5) is 0 Å². The average molecular weight is 285 g/mol. The van der Waals surface area contributed by atoms with E-state index in [0.717, 1.165) is 12.5 Å². The molecule has 2 rings (SSSR count). The van der Waals surface area contributed by atoms with Crippen LogP contribution in [0.5, 0.6) is 0 Å². The lowest BCUT2D eigenvalue weighted by Gasteiger charge is -2.38. The molecule has 0 radical (unpaired) electrons. The summed E-state index contributed by atoms with van der Waals surface area (Å²) in [6.07, 6.45) is 9.13. The molecule has 19 heavy (non-hydrogen) atoms. The molecule has 112 valence electrons. The fourth-order valence-electron chi connectivity index (χ4n) is 3.34. The highest BCUT2D eigenvalue weighted by molar-refractivity contribution is 7.99. The smallest absolute Gasteiger partial charge is 0.0795 e. The first-order valence-corrected chi connectivity index (χ1v) is 9.38. The maximum absolute atomic E-state index is 6.09. The highest BCUT2D eigenvalue weighted by Crippen LogP contribution is 2.38. The number of hydrogen-bond donors (Lipinski definition) is 1. The predicted molar refractivity (Wildman–Crippen MR) is 85.0 cm³/mol. The van der Waals surface area contributed by atoms with Gasteiger partial charge in [0, 0.05) is 18.4 Å². The van der Waals surface area contributed by atoms with Crippen molar-refractivity contribution in [3.05, 3.63) is 0 Å². The molecule has 0 aromatic heterocycles. The Hall–Kier alpha value is 0.270. The first-order chi connectivity index (χ1) is 9.28. The molecule has 3 unspecified atom stereocenters. The van der Waals surface area contributed by atoms with Gasteiger partial charge in [-0.15, -0.1) is 0 Å². The lowest BCUT2D eigenvalue weighted by Crippen LogP contribution is -2.48. The van der Waals surface area contributed by atoms with Gasteiger partial charge in [-0.1, -0.05) is 33.1 Å². The maximum Gasteiger partial charge on any atom is 0.0795 e. The van der Waals surface area contributed by atoms with Crippen molar-refractivity contribution < 1.29 is 4.74 Å². The van der Waals surface area contributed by atoms with Gasteiger partial charge in [-0.25, -0.2) is 0 Å². The number of unbranched alkanes of at least 4 members (excludes halogenated alkanes) is 1. The second-order valence-electron chi connectivity index (χ2n) is 6.35. The quantitative estimate of drug-likeness (QED) is 0.768. The second-order valence-corrected chi connectivity index (χ2v) is 7.45. The Morgan fingerprint density at radius 3 is 3.00 bits per heavy atom. The van der Waals surface area contributed by atoms with E-state index in [2.05, 4.69) is 30.9 Å². The monoisotopic (exact) mass is 285 g/mol. The minimum Gasteiger partial charge on any atom is -0.374 e. The van der Waals surface area contributed by atoms with E-state index in [4.69, 9.17) is 4.74 Å². The van der Waals surface area contributed by atoms with E-state index >= 15 is 0 Å². The van der Waals surface area contributed by atoms with Crippen LogP contribution in [0, 0.1) is 5.92 Å². The van der Waals surface area contributed by atoms with Gasteiger partial charge in [0.25, 0.3) is 0 Å². The van der Waals surface area contributed by atoms with Gasteiger partial charge < -0.3 is 10.1 Å². The summed E-state index contributed by atoms with van der Waals surface area (Å²) >= 11 is 2.07. The van der Waals surface area contributed by atoms with Gasteiger partial charge in [0.15, 0.2) is 0 Å². The minimum absolute atomic E-state index is 0.228. The normalized spacial score (nSPS) is 32.8. The Bertz CT molecular complexity index is 253. The molecule has 0 bridgehead atoms. The minimum atomic E-state index is 0.228. The summed E-state index contributed by atoms with van der Waals surface area (Å²) < 4.78 is 6.09. The largest absolute Gasteiger partial charge is 0.374 e. The Labute approximate surface area is 123 Å². The molecule has 1 spiro atoms. The maximum atomic E-state index is 6.09. The first kappa shape index (κ1) is 15.7. The topological polar surface area (TPSA) is 21.3 Å². The SMILES string of the molecule is CCCCC(CC)CNC1CCOC2(CCSC2)C1. The second kappa shape index (κ2) is 7.90. The molecule has 1 N–H and O–H groups in total. The van der Waals surface area contributed by atoms with E-state index in [0.29, 0.717) is 6.04 Å². The molecule has 0 aromatic rings. The van der Waals surface area contributed by atoms with E-state index in [-0.39, 0.29) is 5.60 Å². The Morgan fingerprint density at radius 1 is 1.42 bits per heavy atom. The standard InChI is InChI=1S/C16H31NOS/c1-3-5-6-14(4-2)12-17-15-7-9-18-16(11-15)8-10-19-13-16/h14-15,17H,3-13H2,1-2H3. The van der Waals surface area contributed by atoms with Gasteiger partial charge in [0.1, 0.15) is 0 Å². The highest BCUT2D eigenvalue weighted by atomic mass is 32.2. The first-order valence-electron chi connectivity index (χ1n) is 8.23. The van der Waals surface area contributed by atoms with Crippen LogP contribution in [0.3, 0.4) is 0 Å². The van der Waals surface area contributed by atoms with E-state index < -0.39 is 0 Å². The number of rotatable bonds is 7. The fourth-order valence-corrected chi connectivity index (χ4v) is 4.72. The van der Waals surface area contributed by atoms with E-state index in [1.807, 2.05) is 0 Å². The summed E-state index contributed by atoms with van der Waals surface area (Å²) in [4.78, 5) is 0. The summed E-state index contributed by atoms with van der Waals surface area (Å²) in [7, 11) is 0. The summed E-state index contributed by atoms with van der Waals surface area (Å²) in [6.45, 7) is 6.80.